The van der Waals surface area contributed by atoms with Crippen molar-refractivity contribution in [3.8, 4) is 0 Å². The van der Waals surface area contributed by atoms with Crippen molar-refractivity contribution in [3.63, 3.8) is 0 Å². The Kier molecular flexibility index (Phi) is 3.01. The topological polar surface area (TPSA) is 49.3 Å². The van der Waals surface area contributed by atoms with E-state index in [-0.39, 0.29) is 10.9 Å². The van der Waals surface area contributed by atoms with E-state index in [2.05, 4.69) is 19.2 Å². The molecule has 1 aliphatic rings. The molecule has 4 heteroatoms. The van der Waals surface area contributed by atoms with Gasteiger partial charge in [0.25, 0.3) is 0 Å². The smallest absolute Gasteiger partial charge is 0.321 e. The molecule has 1 saturated heterocycles. The molecule has 1 rings (SSSR count). The molecule has 0 saturated carbocycles. The fourth-order valence-electron chi connectivity index (χ4n) is 1.43. The van der Waals surface area contributed by atoms with Gasteiger partial charge in [-0.15, -0.1) is 11.8 Å². The van der Waals surface area contributed by atoms with E-state index in [1.807, 2.05) is 0 Å². The van der Waals surface area contributed by atoms with Crippen LogP contribution in [-0.4, -0.2) is 27.7 Å². The summed E-state index contributed by atoms with van der Waals surface area (Å²) >= 11 is 1.73. The molecule has 2 N–H and O–H groups in total. The van der Waals surface area contributed by atoms with Crippen LogP contribution < -0.4 is 5.32 Å². The first-order valence-electron chi connectivity index (χ1n) is 4.28. The second-order valence-electron chi connectivity index (χ2n) is 3.05. The maximum absolute atomic E-state index is 10.6. The first-order valence-corrected chi connectivity index (χ1v) is 5.26. The third-order valence-corrected chi connectivity index (χ3v) is 4.15. The van der Waals surface area contributed by atoms with Crippen molar-refractivity contribution < 1.29 is 9.90 Å². The van der Waals surface area contributed by atoms with Crippen LogP contribution in [0.25, 0.3) is 0 Å². The number of carbonyl (C=O) groups is 1. The Hall–Kier alpha value is -0.220. The molecule has 0 aliphatic carbocycles. The summed E-state index contributed by atoms with van der Waals surface area (Å²) in [6.07, 6.45) is 1.97. The van der Waals surface area contributed by atoms with E-state index in [1.165, 1.54) is 0 Å². The Labute approximate surface area is 76.9 Å². The molecule has 1 atom stereocenters. The van der Waals surface area contributed by atoms with E-state index in [1.54, 1.807) is 11.8 Å². The minimum atomic E-state index is -0.730. The van der Waals surface area contributed by atoms with Gasteiger partial charge in [-0.2, -0.15) is 0 Å². The van der Waals surface area contributed by atoms with Gasteiger partial charge in [-0.3, -0.25) is 10.1 Å². The van der Waals surface area contributed by atoms with Crippen LogP contribution in [0.3, 0.4) is 0 Å². The zero-order valence-electron chi connectivity index (χ0n) is 7.46. The van der Waals surface area contributed by atoms with Crippen LogP contribution in [0.1, 0.15) is 26.7 Å². The van der Waals surface area contributed by atoms with Crippen LogP contribution in [0.4, 0.5) is 0 Å². The Morgan fingerprint density at radius 2 is 2.25 bits per heavy atom. The quantitative estimate of drug-likeness (QED) is 0.702. The van der Waals surface area contributed by atoms with Gasteiger partial charge >= 0.3 is 5.97 Å². The first-order chi connectivity index (χ1) is 5.63. The number of thioether (sulfide) groups is 1. The number of hydrogen-bond donors (Lipinski definition) is 2. The van der Waals surface area contributed by atoms with Gasteiger partial charge in [-0.05, 0) is 12.8 Å². The maximum atomic E-state index is 10.6. The molecule has 0 spiro atoms. The average molecular weight is 189 g/mol. The number of nitrogens with one attached hydrogen (secondary N) is 1. The minimum absolute atomic E-state index is 0.0169. The van der Waals surface area contributed by atoms with E-state index in [9.17, 15) is 4.79 Å². The molecule has 12 heavy (non-hydrogen) atoms. The summed E-state index contributed by atoms with van der Waals surface area (Å²) in [5.74, 6) is -0.0388. The van der Waals surface area contributed by atoms with Crippen molar-refractivity contribution in [2.24, 2.45) is 0 Å². The van der Waals surface area contributed by atoms with Crippen LogP contribution >= 0.6 is 11.8 Å². The molecule has 0 aromatic rings. The van der Waals surface area contributed by atoms with Gasteiger partial charge in [0.05, 0.1) is 4.87 Å². The average Bonchev–Trinajstić information content (AvgIpc) is 2.49. The summed E-state index contributed by atoms with van der Waals surface area (Å²) in [6.45, 7) is 4.18. The lowest BCUT2D eigenvalue weighted by molar-refractivity contribution is -0.138. The van der Waals surface area contributed by atoms with Gasteiger partial charge in [0.15, 0.2) is 0 Å². The minimum Gasteiger partial charge on any atom is -0.480 e. The Morgan fingerprint density at radius 1 is 1.67 bits per heavy atom. The normalized spacial score (nSPS) is 27.3. The van der Waals surface area contributed by atoms with E-state index in [0.717, 1.165) is 12.8 Å². The highest BCUT2D eigenvalue weighted by Crippen LogP contribution is 2.35. The molecule has 1 heterocycles. The first kappa shape index (κ1) is 9.86. The van der Waals surface area contributed by atoms with E-state index in [0.29, 0.717) is 5.75 Å². The van der Waals surface area contributed by atoms with Crippen molar-refractivity contribution in [1.29, 1.82) is 0 Å². The lowest BCUT2D eigenvalue weighted by Gasteiger charge is -2.25. The van der Waals surface area contributed by atoms with Gasteiger partial charge in [0.2, 0.25) is 0 Å². The molecule has 0 bridgehead atoms. The zero-order valence-corrected chi connectivity index (χ0v) is 8.28. The van der Waals surface area contributed by atoms with E-state index < -0.39 is 5.97 Å². The SMILES string of the molecule is CCC1(CC)N[C@@H](C(=O)O)CS1. The van der Waals surface area contributed by atoms with Crippen molar-refractivity contribution in [2.75, 3.05) is 5.75 Å². The zero-order chi connectivity index (χ0) is 9.19. The second-order valence-corrected chi connectivity index (χ2v) is 4.45. The predicted octanol–water partition coefficient (Wildman–Crippen LogP) is 1.29. The standard InChI is InChI=1S/C8H15NO2S/c1-3-8(4-2)9-6(5-12-8)7(10)11/h6,9H,3-5H2,1-2H3,(H,10,11)/t6-/m1/s1. The monoisotopic (exact) mass is 189 g/mol. The van der Waals surface area contributed by atoms with Crippen molar-refractivity contribution in [3.05, 3.63) is 0 Å². The van der Waals surface area contributed by atoms with Gasteiger partial charge in [0.1, 0.15) is 6.04 Å². The molecule has 0 amide bonds. The third-order valence-electron chi connectivity index (χ3n) is 2.40. The summed E-state index contributed by atoms with van der Waals surface area (Å²) in [7, 11) is 0. The van der Waals surface area contributed by atoms with E-state index in [4.69, 9.17) is 5.11 Å². The summed E-state index contributed by atoms with van der Waals surface area (Å²) in [6, 6.07) is -0.352. The Balaban J connectivity index is 2.58. The lowest BCUT2D eigenvalue weighted by Crippen LogP contribution is -2.44. The highest BCUT2D eigenvalue weighted by molar-refractivity contribution is 8.00. The number of aliphatic carboxylic acids is 1. The number of carboxylic acids is 1. The highest BCUT2D eigenvalue weighted by Gasteiger charge is 2.39. The molecule has 1 fully saturated rings. The van der Waals surface area contributed by atoms with Crippen LogP contribution in [0.5, 0.6) is 0 Å². The van der Waals surface area contributed by atoms with Crippen molar-refractivity contribution in [1.82, 2.24) is 5.32 Å². The molecule has 0 aromatic heterocycles. The van der Waals surface area contributed by atoms with Crippen molar-refractivity contribution >= 4 is 17.7 Å². The molecule has 1 aliphatic heterocycles. The number of carboxylic acid groups (broad SMARTS) is 1. The van der Waals surface area contributed by atoms with Crippen LogP contribution in [-0.2, 0) is 4.79 Å². The fraction of sp³-hybridized carbons (Fsp3) is 0.875. The Morgan fingerprint density at radius 3 is 2.50 bits per heavy atom. The van der Waals surface area contributed by atoms with Gasteiger partial charge in [-0.25, -0.2) is 0 Å². The lowest BCUT2D eigenvalue weighted by atomic mass is 10.1. The van der Waals surface area contributed by atoms with Gasteiger partial charge in [0, 0.05) is 5.75 Å². The molecular formula is C8H15NO2S. The second kappa shape index (κ2) is 3.66. The number of hydrogen-bond acceptors (Lipinski definition) is 3. The Bertz CT molecular complexity index is 180. The summed E-state index contributed by atoms with van der Waals surface area (Å²) in [4.78, 5) is 10.7. The largest absolute Gasteiger partial charge is 0.480 e. The van der Waals surface area contributed by atoms with Gasteiger partial charge < -0.3 is 5.11 Å². The van der Waals surface area contributed by atoms with Crippen LogP contribution in [0, 0.1) is 0 Å². The fourth-order valence-corrected chi connectivity index (χ4v) is 2.78. The molecule has 0 radical (unpaired) electrons. The molecule has 70 valence electrons. The van der Waals surface area contributed by atoms with Crippen LogP contribution in [0.2, 0.25) is 0 Å². The predicted molar refractivity (Wildman–Crippen MR) is 50.3 cm³/mol. The third kappa shape index (κ3) is 1.75. The maximum Gasteiger partial charge on any atom is 0.321 e. The highest BCUT2D eigenvalue weighted by atomic mass is 32.2. The summed E-state index contributed by atoms with van der Waals surface area (Å²) in [5, 5.41) is 11.9. The van der Waals surface area contributed by atoms with Gasteiger partial charge in [-0.1, -0.05) is 13.8 Å². The van der Waals surface area contributed by atoms with E-state index >= 15 is 0 Å². The molecule has 0 unspecified atom stereocenters. The molecule has 3 nitrogen and oxygen atoms in total. The van der Waals surface area contributed by atoms with Crippen molar-refractivity contribution in [2.45, 2.75) is 37.6 Å². The van der Waals surface area contributed by atoms with Crippen LogP contribution in [0.15, 0.2) is 0 Å². The number of rotatable bonds is 3. The summed E-state index contributed by atoms with van der Waals surface area (Å²) in [5.41, 5.74) is 0. The molecule has 0 aromatic carbocycles. The summed E-state index contributed by atoms with van der Waals surface area (Å²) < 4.78 is 0. The molecular weight excluding hydrogens is 174 g/mol.